The molecule has 0 aromatic carbocycles. The predicted molar refractivity (Wildman–Crippen MR) is 103 cm³/mol. The molecule has 1 saturated heterocycles. The van der Waals surface area contributed by atoms with Crippen molar-refractivity contribution in [2.24, 2.45) is 7.05 Å². The van der Waals surface area contributed by atoms with E-state index >= 15 is 0 Å². The first kappa shape index (κ1) is 19.5. The Hall–Kier alpha value is -2.24. The van der Waals surface area contributed by atoms with Gasteiger partial charge in [0.15, 0.2) is 5.82 Å². The molecule has 0 saturated carbocycles. The molecular formula is C16H26N8O2S. The van der Waals surface area contributed by atoms with Crippen LogP contribution < -0.4 is 10.6 Å². The predicted octanol–water partition coefficient (Wildman–Crippen LogP) is -0.0742. The summed E-state index contributed by atoms with van der Waals surface area (Å²) in [6.45, 7) is 4.02. The van der Waals surface area contributed by atoms with E-state index < -0.39 is 10.0 Å². The lowest BCUT2D eigenvalue weighted by atomic mass is 10.2. The van der Waals surface area contributed by atoms with Gasteiger partial charge in [-0.05, 0) is 13.0 Å². The van der Waals surface area contributed by atoms with Crippen LogP contribution in [-0.2, 0) is 17.1 Å². The summed E-state index contributed by atoms with van der Waals surface area (Å²) in [4.78, 5) is 17.1. The van der Waals surface area contributed by atoms with E-state index in [0.29, 0.717) is 42.8 Å². The van der Waals surface area contributed by atoms with Crippen molar-refractivity contribution in [1.82, 2.24) is 28.7 Å². The van der Waals surface area contributed by atoms with Crippen molar-refractivity contribution < 1.29 is 8.42 Å². The summed E-state index contributed by atoms with van der Waals surface area (Å²) in [6, 6.07) is 1.54. The van der Waals surface area contributed by atoms with E-state index in [2.05, 4.69) is 19.9 Å². The molecule has 1 aliphatic heterocycles. The summed E-state index contributed by atoms with van der Waals surface area (Å²) >= 11 is 0. The number of piperazine rings is 1. The Morgan fingerprint density at radius 1 is 1.15 bits per heavy atom. The molecule has 148 valence electrons. The molecule has 0 bridgehead atoms. The smallest absolute Gasteiger partial charge is 0.244 e. The Morgan fingerprint density at radius 2 is 1.81 bits per heavy atom. The molecule has 1 atom stereocenters. The summed E-state index contributed by atoms with van der Waals surface area (Å²) in [5, 5.41) is 0. The zero-order valence-corrected chi connectivity index (χ0v) is 16.9. The number of aromatic nitrogens is 4. The van der Waals surface area contributed by atoms with Gasteiger partial charge >= 0.3 is 0 Å². The van der Waals surface area contributed by atoms with Crippen LogP contribution >= 0.6 is 0 Å². The number of aryl methyl sites for hydroxylation is 1. The number of anilines is 2. The molecule has 2 N–H and O–H groups in total. The highest BCUT2D eigenvalue weighted by Crippen LogP contribution is 2.23. The maximum Gasteiger partial charge on any atom is 0.244 e. The van der Waals surface area contributed by atoms with Crippen molar-refractivity contribution in [3.8, 4) is 0 Å². The van der Waals surface area contributed by atoms with Crippen LogP contribution in [0.4, 0.5) is 11.9 Å². The van der Waals surface area contributed by atoms with Crippen LogP contribution in [0.15, 0.2) is 23.4 Å². The summed E-state index contributed by atoms with van der Waals surface area (Å²) in [5.41, 5.74) is 5.81. The lowest BCUT2D eigenvalue weighted by Gasteiger charge is -2.36. The van der Waals surface area contributed by atoms with E-state index in [0.717, 1.165) is 0 Å². The first-order chi connectivity index (χ1) is 12.7. The van der Waals surface area contributed by atoms with Gasteiger partial charge in [-0.2, -0.15) is 19.3 Å². The van der Waals surface area contributed by atoms with Gasteiger partial charge in [0.1, 0.15) is 0 Å². The van der Waals surface area contributed by atoms with Gasteiger partial charge < -0.3 is 15.2 Å². The highest BCUT2D eigenvalue weighted by atomic mass is 32.2. The molecule has 27 heavy (non-hydrogen) atoms. The average molecular weight is 395 g/mol. The largest absolute Gasteiger partial charge is 0.368 e. The third-order valence-electron chi connectivity index (χ3n) is 4.70. The number of nitrogen functional groups attached to an aromatic ring is 1. The van der Waals surface area contributed by atoms with Crippen LogP contribution in [0.1, 0.15) is 18.8 Å². The van der Waals surface area contributed by atoms with Crippen molar-refractivity contribution in [1.29, 1.82) is 0 Å². The zero-order chi connectivity index (χ0) is 19.8. The van der Waals surface area contributed by atoms with Crippen molar-refractivity contribution in [2.75, 3.05) is 50.9 Å². The molecule has 1 aliphatic rings. The first-order valence-corrected chi connectivity index (χ1v) is 10.2. The second-order valence-corrected chi connectivity index (χ2v) is 8.81. The molecule has 0 spiro atoms. The fraction of sp³-hybridized carbons (Fsp3) is 0.562. The van der Waals surface area contributed by atoms with Crippen LogP contribution in [-0.4, -0.2) is 77.4 Å². The normalized spacial score (nSPS) is 17.8. The quantitative estimate of drug-likeness (QED) is 0.749. The Labute approximate surface area is 159 Å². The van der Waals surface area contributed by atoms with Gasteiger partial charge in [0.05, 0.1) is 10.9 Å². The molecule has 0 aliphatic carbocycles. The molecule has 10 nitrogen and oxygen atoms in total. The van der Waals surface area contributed by atoms with E-state index in [1.165, 1.54) is 4.31 Å². The van der Waals surface area contributed by atoms with E-state index in [1.54, 1.807) is 35.0 Å². The summed E-state index contributed by atoms with van der Waals surface area (Å²) in [7, 11) is 2.03. The molecule has 3 rings (SSSR count). The van der Waals surface area contributed by atoms with Crippen molar-refractivity contribution in [3.63, 3.8) is 0 Å². The van der Waals surface area contributed by atoms with Crippen LogP contribution in [0.2, 0.25) is 0 Å². The molecule has 0 radical (unpaired) electrons. The molecule has 2 aromatic heterocycles. The Kier molecular flexibility index (Phi) is 5.36. The molecule has 0 unspecified atom stereocenters. The highest BCUT2D eigenvalue weighted by Gasteiger charge is 2.31. The molecule has 1 fully saturated rings. The summed E-state index contributed by atoms with van der Waals surface area (Å²) < 4.78 is 28.8. The van der Waals surface area contributed by atoms with Crippen molar-refractivity contribution in [2.45, 2.75) is 17.9 Å². The second kappa shape index (κ2) is 7.41. The van der Waals surface area contributed by atoms with Crippen molar-refractivity contribution in [3.05, 3.63) is 24.3 Å². The topological polar surface area (TPSA) is 113 Å². The Balaban J connectivity index is 1.70. The Bertz CT molecular complexity index is 903. The fourth-order valence-electron chi connectivity index (χ4n) is 3.06. The molecular weight excluding hydrogens is 368 g/mol. The standard InChI is InChI=1S/C16H26N8O2S/c1-12(14-18-15(17)20-16(19-14)21(2)3)23-7-9-24(10-8-23)27(25,26)13-5-6-22(4)11-13/h5-6,11-12H,7-10H2,1-4H3,(H2,17,18,19,20)/t12-/m1/s1. The molecule has 11 heteroatoms. The van der Waals surface area contributed by atoms with Gasteiger partial charge in [-0.1, -0.05) is 0 Å². The minimum atomic E-state index is -3.46. The van der Waals surface area contributed by atoms with Crippen LogP contribution in [0.5, 0.6) is 0 Å². The monoisotopic (exact) mass is 394 g/mol. The Morgan fingerprint density at radius 3 is 2.37 bits per heavy atom. The number of nitrogens with two attached hydrogens (primary N) is 1. The maximum absolute atomic E-state index is 12.8. The average Bonchev–Trinajstić information content (AvgIpc) is 3.08. The highest BCUT2D eigenvalue weighted by molar-refractivity contribution is 7.89. The number of hydrogen-bond donors (Lipinski definition) is 1. The fourth-order valence-corrected chi connectivity index (χ4v) is 4.53. The van der Waals surface area contributed by atoms with Crippen molar-refractivity contribution >= 4 is 21.9 Å². The summed E-state index contributed by atoms with van der Waals surface area (Å²) in [6.07, 6.45) is 3.36. The molecule has 2 aromatic rings. The van der Waals surface area contributed by atoms with E-state index in [1.807, 2.05) is 21.0 Å². The van der Waals surface area contributed by atoms with Gasteiger partial charge in [-0.15, -0.1) is 0 Å². The van der Waals surface area contributed by atoms with Gasteiger partial charge in [-0.25, -0.2) is 8.42 Å². The summed E-state index contributed by atoms with van der Waals surface area (Å²) in [5.74, 6) is 1.28. The number of sulfonamides is 1. The van der Waals surface area contributed by atoms with E-state index in [-0.39, 0.29) is 12.0 Å². The maximum atomic E-state index is 12.8. The van der Waals surface area contributed by atoms with E-state index in [9.17, 15) is 8.42 Å². The van der Waals surface area contributed by atoms with Gasteiger partial charge in [-0.3, -0.25) is 4.90 Å². The lowest BCUT2D eigenvalue weighted by molar-refractivity contribution is 0.141. The third kappa shape index (κ3) is 4.04. The number of nitrogens with zero attached hydrogens (tertiary/aromatic N) is 7. The van der Waals surface area contributed by atoms with Crippen LogP contribution in [0.25, 0.3) is 0 Å². The molecule has 3 heterocycles. The minimum absolute atomic E-state index is 0.0874. The zero-order valence-electron chi connectivity index (χ0n) is 16.1. The number of hydrogen-bond acceptors (Lipinski definition) is 8. The van der Waals surface area contributed by atoms with Crippen LogP contribution in [0.3, 0.4) is 0 Å². The van der Waals surface area contributed by atoms with Gasteiger partial charge in [0.25, 0.3) is 0 Å². The third-order valence-corrected chi connectivity index (χ3v) is 6.58. The lowest BCUT2D eigenvalue weighted by Crippen LogP contribution is -2.49. The van der Waals surface area contributed by atoms with Crippen LogP contribution in [0, 0.1) is 0 Å². The second-order valence-electron chi connectivity index (χ2n) is 6.87. The van der Waals surface area contributed by atoms with E-state index in [4.69, 9.17) is 5.73 Å². The first-order valence-electron chi connectivity index (χ1n) is 8.73. The SMILES string of the molecule is C[C@H](c1nc(N)nc(N(C)C)n1)N1CCN(S(=O)(=O)c2ccn(C)c2)CC1. The van der Waals surface area contributed by atoms with Gasteiger partial charge in [0.2, 0.25) is 21.9 Å². The number of rotatable bonds is 5. The molecule has 0 amide bonds. The van der Waals surface area contributed by atoms with Gasteiger partial charge in [0, 0.05) is 59.7 Å². The minimum Gasteiger partial charge on any atom is -0.368 e.